The Bertz CT molecular complexity index is 866. The first-order chi connectivity index (χ1) is 11.4. The van der Waals surface area contributed by atoms with Crippen molar-refractivity contribution in [2.45, 2.75) is 0 Å². The van der Waals surface area contributed by atoms with Gasteiger partial charge in [0.05, 0.1) is 20.1 Å². The second-order valence-electron chi connectivity index (χ2n) is 4.96. The van der Waals surface area contributed by atoms with Gasteiger partial charge in [0.15, 0.2) is 0 Å². The lowest BCUT2D eigenvalue weighted by Gasteiger charge is -2.11. The van der Waals surface area contributed by atoms with Crippen LogP contribution in [0.15, 0.2) is 42.7 Å². The first-order valence-electron chi connectivity index (χ1n) is 6.61. The van der Waals surface area contributed by atoms with Gasteiger partial charge in [-0.2, -0.15) is 0 Å². The van der Waals surface area contributed by atoms with Crippen LogP contribution in [-0.4, -0.2) is 4.98 Å². The van der Waals surface area contributed by atoms with E-state index >= 15 is 0 Å². The molecular weight excluding hydrogens is 431 g/mol. The monoisotopic (exact) mass is 435 g/mol. The molecule has 0 fully saturated rings. The number of nitrogens with zero attached hydrogens (tertiary/aromatic N) is 1. The third kappa shape index (κ3) is 3.62. The molecule has 7 heteroatoms. The second kappa shape index (κ2) is 7.29. The van der Waals surface area contributed by atoms with Crippen molar-refractivity contribution in [1.82, 2.24) is 4.98 Å². The summed E-state index contributed by atoms with van der Waals surface area (Å²) in [5.74, 6) is 0. The highest BCUT2D eigenvalue weighted by Gasteiger charge is 2.13. The van der Waals surface area contributed by atoms with Gasteiger partial charge in [-0.3, -0.25) is 4.98 Å². The maximum absolute atomic E-state index is 6.29. The van der Waals surface area contributed by atoms with Gasteiger partial charge in [-0.25, -0.2) is 0 Å². The zero-order chi connectivity index (χ0) is 17.4. The minimum Gasteiger partial charge on any atom is -0.263 e. The summed E-state index contributed by atoms with van der Waals surface area (Å²) in [6, 6.07) is 8.49. The van der Waals surface area contributed by atoms with Gasteiger partial charge in [0, 0.05) is 44.7 Å². The van der Waals surface area contributed by atoms with Crippen LogP contribution < -0.4 is 0 Å². The zero-order valence-corrected chi connectivity index (χ0v) is 16.3. The maximum Gasteiger partial charge on any atom is 0.0672 e. The van der Waals surface area contributed by atoms with Crippen LogP contribution in [0.3, 0.4) is 0 Å². The molecule has 3 rings (SSSR count). The molecule has 0 bridgehead atoms. The molecule has 0 aliphatic rings. The lowest BCUT2D eigenvalue weighted by molar-refractivity contribution is 1.33. The molecule has 0 saturated heterocycles. The molecule has 1 aromatic heterocycles. The Morgan fingerprint density at radius 1 is 0.542 bits per heavy atom. The van der Waals surface area contributed by atoms with Crippen molar-refractivity contribution in [3.05, 3.63) is 72.9 Å². The molecule has 0 unspecified atom stereocenters. The predicted molar refractivity (Wildman–Crippen MR) is 105 cm³/mol. The standard InChI is InChI=1S/C17H7Cl6N/c18-10-2-12(16(22)14(20)4-10)8-1-9(7-24-6-8)13-3-11(19)5-15(21)17(13)23/h1-7H. The lowest BCUT2D eigenvalue weighted by Crippen LogP contribution is -1.88. The smallest absolute Gasteiger partial charge is 0.0672 e. The van der Waals surface area contributed by atoms with Crippen molar-refractivity contribution in [2.24, 2.45) is 0 Å². The highest BCUT2D eigenvalue weighted by molar-refractivity contribution is 6.45. The fraction of sp³-hybridized carbons (Fsp3) is 0. The van der Waals surface area contributed by atoms with Crippen molar-refractivity contribution < 1.29 is 0 Å². The summed E-state index contributed by atoms with van der Waals surface area (Å²) >= 11 is 36.9. The van der Waals surface area contributed by atoms with E-state index in [1.807, 2.05) is 6.07 Å². The Kier molecular flexibility index (Phi) is 5.51. The molecule has 24 heavy (non-hydrogen) atoms. The average molecular weight is 438 g/mol. The van der Waals surface area contributed by atoms with E-state index in [-0.39, 0.29) is 0 Å². The van der Waals surface area contributed by atoms with Crippen LogP contribution in [0.2, 0.25) is 30.1 Å². The summed E-state index contributed by atoms with van der Waals surface area (Å²) in [5.41, 5.74) is 2.84. The number of hydrogen-bond acceptors (Lipinski definition) is 1. The molecule has 122 valence electrons. The highest BCUT2D eigenvalue weighted by Crippen LogP contribution is 2.40. The van der Waals surface area contributed by atoms with E-state index in [0.717, 1.165) is 11.1 Å². The van der Waals surface area contributed by atoms with E-state index in [9.17, 15) is 0 Å². The van der Waals surface area contributed by atoms with E-state index in [1.165, 1.54) is 0 Å². The van der Waals surface area contributed by atoms with Crippen LogP contribution in [0.1, 0.15) is 0 Å². The Morgan fingerprint density at radius 2 is 0.958 bits per heavy atom. The highest BCUT2D eigenvalue weighted by atomic mass is 35.5. The molecule has 0 amide bonds. The second-order valence-corrected chi connectivity index (χ2v) is 7.40. The number of aromatic nitrogens is 1. The summed E-state index contributed by atoms with van der Waals surface area (Å²) in [4.78, 5) is 4.25. The number of hydrogen-bond donors (Lipinski definition) is 0. The number of benzene rings is 2. The predicted octanol–water partition coefficient (Wildman–Crippen LogP) is 8.34. The molecule has 3 aromatic rings. The van der Waals surface area contributed by atoms with E-state index in [2.05, 4.69) is 4.98 Å². The third-order valence-electron chi connectivity index (χ3n) is 3.35. The minimum absolute atomic E-state index is 0.369. The van der Waals surface area contributed by atoms with Crippen LogP contribution in [0.5, 0.6) is 0 Å². The molecule has 0 N–H and O–H groups in total. The summed E-state index contributed by atoms with van der Waals surface area (Å²) in [7, 11) is 0. The number of pyridine rings is 1. The van der Waals surface area contributed by atoms with Crippen LogP contribution >= 0.6 is 69.6 Å². The quantitative estimate of drug-likeness (QED) is 0.367. The van der Waals surface area contributed by atoms with Crippen molar-refractivity contribution in [3.63, 3.8) is 0 Å². The summed E-state index contributed by atoms with van der Waals surface area (Å²) in [5, 5.41) is 2.49. The van der Waals surface area contributed by atoms with Crippen LogP contribution in [-0.2, 0) is 0 Å². The van der Waals surface area contributed by atoms with Gasteiger partial charge >= 0.3 is 0 Å². The third-order valence-corrected chi connectivity index (χ3v) is 5.39. The fourth-order valence-electron chi connectivity index (χ4n) is 2.27. The van der Waals surface area contributed by atoms with Crippen LogP contribution in [0.4, 0.5) is 0 Å². The maximum atomic E-state index is 6.29. The molecule has 2 aromatic carbocycles. The van der Waals surface area contributed by atoms with Crippen molar-refractivity contribution >= 4 is 69.6 Å². The van der Waals surface area contributed by atoms with Gasteiger partial charge < -0.3 is 0 Å². The van der Waals surface area contributed by atoms with Gasteiger partial charge in [0.1, 0.15) is 0 Å². The normalized spacial score (nSPS) is 10.9. The Morgan fingerprint density at radius 3 is 1.38 bits per heavy atom. The Balaban J connectivity index is 2.18. The Labute approximate surface area is 169 Å². The van der Waals surface area contributed by atoms with Crippen molar-refractivity contribution in [2.75, 3.05) is 0 Å². The molecule has 0 atom stereocenters. The molecular formula is C17H7Cl6N. The lowest BCUT2D eigenvalue weighted by atomic mass is 10.0. The van der Waals surface area contributed by atoms with Gasteiger partial charge in [-0.1, -0.05) is 69.6 Å². The van der Waals surface area contributed by atoms with Crippen molar-refractivity contribution in [3.8, 4) is 22.3 Å². The van der Waals surface area contributed by atoms with Crippen molar-refractivity contribution in [1.29, 1.82) is 0 Å². The van der Waals surface area contributed by atoms with Crippen LogP contribution in [0.25, 0.3) is 22.3 Å². The molecule has 1 nitrogen and oxygen atoms in total. The van der Waals surface area contributed by atoms with Gasteiger partial charge in [0.25, 0.3) is 0 Å². The fourth-order valence-corrected chi connectivity index (χ4v) is 3.69. The molecule has 1 heterocycles. The SMILES string of the molecule is Clc1cc(Cl)c(Cl)c(-c2cncc(-c3cc(Cl)cc(Cl)c3Cl)c2)c1. The number of halogens is 6. The first-order valence-corrected chi connectivity index (χ1v) is 8.88. The average Bonchev–Trinajstić information content (AvgIpc) is 2.54. The van der Waals surface area contributed by atoms with Gasteiger partial charge in [-0.15, -0.1) is 0 Å². The molecule has 0 spiro atoms. The molecule has 0 aliphatic carbocycles. The van der Waals surface area contributed by atoms with E-state index in [0.29, 0.717) is 41.3 Å². The van der Waals surface area contributed by atoms with Gasteiger partial charge in [0.2, 0.25) is 0 Å². The molecule has 0 radical (unpaired) electrons. The van der Waals surface area contributed by atoms with E-state index in [4.69, 9.17) is 69.6 Å². The Hall–Kier alpha value is -0.670. The zero-order valence-electron chi connectivity index (χ0n) is 11.8. The first kappa shape index (κ1) is 18.1. The van der Waals surface area contributed by atoms with Crippen LogP contribution in [0, 0.1) is 0 Å². The molecule has 0 saturated carbocycles. The minimum atomic E-state index is 0.369. The summed E-state index contributed by atoms with van der Waals surface area (Å²) < 4.78 is 0. The summed E-state index contributed by atoms with van der Waals surface area (Å²) in [6.45, 7) is 0. The topological polar surface area (TPSA) is 12.9 Å². The number of rotatable bonds is 2. The summed E-state index contributed by atoms with van der Waals surface area (Å²) in [6.07, 6.45) is 3.33. The molecule has 0 aliphatic heterocycles. The largest absolute Gasteiger partial charge is 0.263 e. The van der Waals surface area contributed by atoms with E-state index in [1.54, 1.807) is 36.7 Å². The van der Waals surface area contributed by atoms with E-state index < -0.39 is 0 Å². The van der Waals surface area contributed by atoms with Gasteiger partial charge in [-0.05, 0) is 30.3 Å².